The van der Waals surface area contributed by atoms with Gasteiger partial charge in [0.25, 0.3) is 0 Å². The maximum atomic E-state index is 6.02. The minimum Gasteiger partial charge on any atom is -0.489 e. The lowest BCUT2D eigenvalue weighted by Gasteiger charge is -2.12. The lowest BCUT2D eigenvalue weighted by Crippen LogP contribution is -2.09. The summed E-state index contributed by atoms with van der Waals surface area (Å²) < 4.78 is 10.7. The van der Waals surface area contributed by atoms with Crippen molar-refractivity contribution in [2.45, 2.75) is 13.5 Å². The third-order valence-electron chi connectivity index (χ3n) is 1.98. The summed E-state index contributed by atoms with van der Waals surface area (Å²) in [5.74, 6) is 0.591. The molecule has 0 radical (unpaired) electrons. The topological polar surface area (TPSA) is 44.5 Å². The minimum atomic E-state index is 0.338. The molecule has 0 atom stereocenters. The van der Waals surface area contributed by atoms with Crippen molar-refractivity contribution in [3.63, 3.8) is 0 Å². The zero-order valence-corrected chi connectivity index (χ0v) is 10.6. The Kier molecular flexibility index (Phi) is 5.91. The van der Waals surface area contributed by atoms with Crippen molar-refractivity contribution in [3.8, 4) is 5.75 Å². The van der Waals surface area contributed by atoms with Crippen LogP contribution in [-0.2, 0) is 11.3 Å². The van der Waals surface area contributed by atoms with Crippen LogP contribution in [0.3, 0.4) is 0 Å². The van der Waals surface area contributed by atoms with E-state index in [-0.39, 0.29) is 0 Å². The zero-order chi connectivity index (χ0) is 12.0. The monoisotopic (exact) mass is 263 g/mol. The molecule has 0 fully saturated rings. The Hall–Kier alpha value is -0.480. The summed E-state index contributed by atoms with van der Waals surface area (Å²) in [6.07, 6.45) is 0. The Labute approximate surface area is 105 Å². The summed E-state index contributed by atoms with van der Waals surface area (Å²) >= 11 is 11.9. The highest BCUT2D eigenvalue weighted by molar-refractivity contribution is 6.35. The van der Waals surface area contributed by atoms with E-state index in [2.05, 4.69) is 0 Å². The van der Waals surface area contributed by atoms with Gasteiger partial charge in [-0.15, -0.1) is 0 Å². The van der Waals surface area contributed by atoms with Crippen LogP contribution in [0.15, 0.2) is 12.1 Å². The molecule has 0 spiro atoms. The number of benzene rings is 1. The summed E-state index contributed by atoms with van der Waals surface area (Å²) in [4.78, 5) is 0. The molecule has 0 heterocycles. The largest absolute Gasteiger partial charge is 0.489 e. The smallest absolute Gasteiger partial charge is 0.142 e. The summed E-state index contributed by atoms with van der Waals surface area (Å²) in [6.45, 7) is 3.91. The Morgan fingerprint density at radius 1 is 1.25 bits per heavy atom. The normalized spacial score (nSPS) is 10.5. The predicted molar refractivity (Wildman–Crippen MR) is 66.3 cm³/mol. The molecule has 0 aliphatic rings. The fourth-order valence-electron chi connectivity index (χ4n) is 1.27. The second-order valence-electron chi connectivity index (χ2n) is 3.13. The maximum absolute atomic E-state index is 6.02. The second kappa shape index (κ2) is 6.97. The molecule has 90 valence electrons. The van der Waals surface area contributed by atoms with E-state index in [1.165, 1.54) is 0 Å². The third-order valence-corrected chi connectivity index (χ3v) is 2.48. The van der Waals surface area contributed by atoms with Crippen LogP contribution in [0.2, 0.25) is 10.0 Å². The number of nitrogens with two attached hydrogens (primary N) is 1. The van der Waals surface area contributed by atoms with E-state index in [0.717, 1.165) is 5.56 Å². The highest BCUT2D eigenvalue weighted by Crippen LogP contribution is 2.32. The first-order valence-corrected chi connectivity index (χ1v) is 5.83. The van der Waals surface area contributed by atoms with E-state index in [1.54, 1.807) is 12.1 Å². The lowest BCUT2D eigenvalue weighted by atomic mass is 10.2. The summed E-state index contributed by atoms with van der Waals surface area (Å²) in [5.41, 5.74) is 6.39. The van der Waals surface area contributed by atoms with Crippen molar-refractivity contribution >= 4 is 23.2 Å². The van der Waals surface area contributed by atoms with E-state index < -0.39 is 0 Å². The fraction of sp³-hybridized carbons (Fsp3) is 0.455. The van der Waals surface area contributed by atoms with E-state index in [9.17, 15) is 0 Å². The molecule has 0 aromatic heterocycles. The molecule has 0 bridgehead atoms. The zero-order valence-electron chi connectivity index (χ0n) is 9.13. The van der Waals surface area contributed by atoms with Gasteiger partial charge in [0.15, 0.2) is 0 Å². The molecule has 1 rings (SSSR count). The number of rotatable bonds is 6. The van der Waals surface area contributed by atoms with Crippen LogP contribution in [0.25, 0.3) is 0 Å². The SMILES string of the molecule is CCOCCOc1c(Cl)cc(Cl)cc1CN. The van der Waals surface area contributed by atoms with Crippen LogP contribution in [-0.4, -0.2) is 19.8 Å². The first-order chi connectivity index (χ1) is 7.69. The van der Waals surface area contributed by atoms with Gasteiger partial charge in [-0.1, -0.05) is 23.2 Å². The molecular weight excluding hydrogens is 249 g/mol. The van der Waals surface area contributed by atoms with E-state index in [0.29, 0.717) is 42.2 Å². The van der Waals surface area contributed by atoms with Gasteiger partial charge in [0, 0.05) is 23.7 Å². The number of halogens is 2. The van der Waals surface area contributed by atoms with Crippen LogP contribution in [0.4, 0.5) is 0 Å². The first-order valence-electron chi connectivity index (χ1n) is 5.07. The van der Waals surface area contributed by atoms with Gasteiger partial charge in [-0.3, -0.25) is 0 Å². The van der Waals surface area contributed by atoms with E-state index >= 15 is 0 Å². The van der Waals surface area contributed by atoms with Crippen molar-refractivity contribution in [2.24, 2.45) is 5.73 Å². The molecule has 0 aliphatic carbocycles. The van der Waals surface area contributed by atoms with Crippen molar-refractivity contribution in [1.29, 1.82) is 0 Å². The third kappa shape index (κ3) is 3.83. The molecule has 0 saturated heterocycles. The highest BCUT2D eigenvalue weighted by Gasteiger charge is 2.09. The van der Waals surface area contributed by atoms with E-state index in [4.69, 9.17) is 38.4 Å². The molecule has 0 aliphatic heterocycles. The van der Waals surface area contributed by atoms with Crippen molar-refractivity contribution in [3.05, 3.63) is 27.7 Å². The standard InChI is InChI=1S/C11H15Cl2NO2/c1-2-15-3-4-16-11-8(7-14)5-9(12)6-10(11)13/h5-6H,2-4,7,14H2,1H3. The molecule has 0 saturated carbocycles. The summed E-state index contributed by atoms with van der Waals surface area (Å²) in [7, 11) is 0. The molecule has 0 amide bonds. The van der Waals surface area contributed by atoms with Crippen LogP contribution in [0.1, 0.15) is 12.5 Å². The van der Waals surface area contributed by atoms with E-state index in [1.807, 2.05) is 6.92 Å². The first kappa shape index (κ1) is 13.6. The van der Waals surface area contributed by atoms with Gasteiger partial charge in [-0.05, 0) is 19.1 Å². The quantitative estimate of drug-likeness (QED) is 0.803. The second-order valence-corrected chi connectivity index (χ2v) is 3.97. The molecular formula is C11H15Cl2NO2. The molecule has 0 unspecified atom stereocenters. The Morgan fingerprint density at radius 2 is 2.00 bits per heavy atom. The van der Waals surface area contributed by atoms with Gasteiger partial charge in [0.05, 0.1) is 11.6 Å². The molecule has 1 aromatic rings. The molecule has 16 heavy (non-hydrogen) atoms. The predicted octanol–water partition coefficient (Wildman–Crippen LogP) is 2.87. The highest BCUT2D eigenvalue weighted by atomic mass is 35.5. The average molecular weight is 264 g/mol. The minimum absolute atomic E-state index is 0.338. The van der Waals surface area contributed by atoms with Gasteiger partial charge < -0.3 is 15.2 Å². The Morgan fingerprint density at radius 3 is 2.62 bits per heavy atom. The summed E-state index contributed by atoms with van der Waals surface area (Å²) in [6, 6.07) is 3.39. The van der Waals surface area contributed by atoms with Crippen LogP contribution in [0.5, 0.6) is 5.75 Å². The summed E-state index contributed by atoms with van der Waals surface area (Å²) in [5, 5.41) is 1.03. The maximum Gasteiger partial charge on any atom is 0.142 e. The fourth-order valence-corrected chi connectivity index (χ4v) is 1.86. The van der Waals surface area contributed by atoms with Crippen LogP contribution in [0, 0.1) is 0 Å². The number of hydrogen-bond acceptors (Lipinski definition) is 3. The van der Waals surface area contributed by atoms with Gasteiger partial charge >= 0.3 is 0 Å². The van der Waals surface area contributed by atoms with Gasteiger partial charge in [0.2, 0.25) is 0 Å². The molecule has 5 heteroatoms. The molecule has 3 nitrogen and oxygen atoms in total. The van der Waals surface area contributed by atoms with Crippen LogP contribution >= 0.6 is 23.2 Å². The molecule has 1 aromatic carbocycles. The Bertz CT molecular complexity index is 345. The van der Waals surface area contributed by atoms with Gasteiger partial charge in [-0.25, -0.2) is 0 Å². The average Bonchev–Trinajstić information content (AvgIpc) is 2.26. The van der Waals surface area contributed by atoms with Crippen LogP contribution < -0.4 is 10.5 Å². The van der Waals surface area contributed by atoms with Crippen molar-refractivity contribution in [2.75, 3.05) is 19.8 Å². The molecule has 2 N–H and O–H groups in total. The number of hydrogen-bond donors (Lipinski definition) is 1. The van der Waals surface area contributed by atoms with Crippen molar-refractivity contribution < 1.29 is 9.47 Å². The Balaban J connectivity index is 2.70. The van der Waals surface area contributed by atoms with Gasteiger partial charge in [-0.2, -0.15) is 0 Å². The number of ether oxygens (including phenoxy) is 2. The van der Waals surface area contributed by atoms with Gasteiger partial charge in [0.1, 0.15) is 12.4 Å². The lowest BCUT2D eigenvalue weighted by molar-refractivity contribution is 0.110. The van der Waals surface area contributed by atoms with Crippen molar-refractivity contribution in [1.82, 2.24) is 0 Å².